The van der Waals surface area contributed by atoms with Crippen LogP contribution in [0.2, 0.25) is 0 Å². The standard InChI is InChI=1S/C14H20N2O2/c1-2-3-9-12(13(15)17)14(18)16-10-11-7-5-4-6-8-11/h4-8,12H,2-3,9-10H2,1H3,(H2,15,17)(H,16,18). The highest BCUT2D eigenvalue weighted by Crippen LogP contribution is 2.09. The number of benzene rings is 1. The average Bonchev–Trinajstić information content (AvgIpc) is 2.37. The Morgan fingerprint density at radius 2 is 1.94 bits per heavy atom. The molecule has 0 aliphatic heterocycles. The molecule has 3 N–H and O–H groups in total. The summed E-state index contributed by atoms with van der Waals surface area (Å²) in [6.07, 6.45) is 2.29. The van der Waals surface area contributed by atoms with Crippen molar-refractivity contribution in [3.05, 3.63) is 35.9 Å². The molecule has 18 heavy (non-hydrogen) atoms. The number of rotatable bonds is 7. The molecule has 1 aromatic carbocycles. The quantitative estimate of drug-likeness (QED) is 0.719. The minimum absolute atomic E-state index is 0.278. The fraction of sp³-hybridized carbons (Fsp3) is 0.429. The molecule has 1 unspecified atom stereocenters. The van der Waals surface area contributed by atoms with Crippen LogP contribution >= 0.6 is 0 Å². The Hall–Kier alpha value is -1.84. The van der Waals surface area contributed by atoms with Crippen molar-refractivity contribution in [1.82, 2.24) is 5.32 Å². The van der Waals surface area contributed by atoms with Gasteiger partial charge < -0.3 is 11.1 Å². The molecule has 0 saturated heterocycles. The first-order chi connectivity index (χ1) is 8.65. The van der Waals surface area contributed by atoms with Crippen molar-refractivity contribution in [3.63, 3.8) is 0 Å². The average molecular weight is 248 g/mol. The lowest BCUT2D eigenvalue weighted by molar-refractivity contribution is -0.133. The minimum Gasteiger partial charge on any atom is -0.369 e. The maximum absolute atomic E-state index is 11.9. The van der Waals surface area contributed by atoms with E-state index in [9.17, 15) is 9.59 Å². The summed E-state index contributed by atoms with van der Waals surface area (Å²) in [4.78, 5) is 23.1. The molecule has 1 atom stereocenters. The topological polar surface area (TPSA) is 72.2 Å². The third kappa shape index (κ3) is 4.57. The van der Waals surface area contributed by atoms with E-state index >= 15 is 0 Å². The summed E-state index contributed by atoms with van der Waals surface area (Å²) in [5, 5.41) is 2.75. The number of nitrogens with two attached hydrogens (primary N) is 1. The van der Waals surface area contributed by atoms with Gasteiger partial charge in [0.25, 0.3) is 0 Å². The highest BCUT2D eigenvalue weighted by molar-refractivity contribution is 5.99. The number of primary amides is 1. The van der Waals surface area contributed by atoms with E-state index < -0.39 is 11.8 Å². The van der Waals surface area contributed by atoms with Crippen LogP contribution in [0.5, 0.6) is 0 Å². The van der Waals surface area contributed by atoms with Crippen LogP contribution < -0.4 is 11.1 Å². The van der Waals surface area contributed by atoms with Gasteiger partial charge in [-0.25, -0.2) is 0 Å². The van der Waals surface area contributed by atoms with E-state index in [0.717, 1.165) is 18.4 Å². The molecule has 0 radical (unpaired) electrons. The smallest absolute Gasteiger partial charge is 0.232 e. The summed E-state index contributed by atoms with van der Waals surface area (Å²) in [6, 6.07) is 9.57. The van der Waals surface area contributed by atoms with Crippen LogP contribution in [0.15, 0.2) is 30.3 Å². The largest absolute Gasteiger partial charge is 0.369 e. The van der Waals surface area contributed by atoms with E-state index in [0.29, 0.717) is 13.0 Å². The number of hydrogen-bond donors (Lipinski definition) is 2. The van der Waals surface area contributed by atoms with Crippen molar-refractivity contribution in [2.75, 3.05) is 0 Å². The predicted molar refractivity (Wildman–Crippen MR) is 70.5 cm³/mol. The first-order valence-electron chi connectivity index (χ1n) is 6.26. The summed E-state index contributed by atoms with van der Waals surface area (Å²) in [6.45, 7) is 2.44. The monoisotopic (exact) mass is 248 g/mol. The highest BCUT2D eigenvalue weighted by atomic mass is 16.2. The molecule has 4 heteroatoms. The molecule has 0 bridgehead atoms. The summed E-state index contributed by atoms with van der Waals surface area (Å²) < 4.78 is 0. The van der Waals surface area contributed by atoms with Crippen LogP contribution in [0.1, 0.15) is 31.7 Å². The number of amides is 2. The number of carbonyl (C=O) groups is 2. The van der Waals surface area contributed by atoms with E-state index in [2.05, 4.69) is 5.32 Å². The second-order valence-electron chi connectivity index (χ2n) is 4.30. The lowest BCUT2D eigenvalue weighted by atomic mass is 10.0. The van der Waals surface area contributed by atoms with Crippen molar-refractivity contribution < 1.29 is 9.59 Å². The third-order valence-corrected chi connectivity index (χ3v) is 2.82. The predicted octanol–water partition coefficient (Wildman–Crippen LogP) is 1.59. The third-order valence-electron chi connectivity index (χ3n) is 2.82. The van der Waals surface area contributed by atoms with Crippen LogP contribution in [0.25, 0.3) is 0 Å². The number of hydrogen-bond acceptors (Lipinski definition) is 2. The van der Waals surface area contributed by atoms with Gasteiger partial charge in [-0.3, -0.25) is 9.59 Å². The fourth-order valence-electron chi connectivity index (χ4n) is 1.72. The molecule has 1 rings (SSSR count). The van der Waals surface area contributed by atoms with Gasteiger partial charge in [0.1, 0.15) is 5.92 Å². The zero-order chi connectivity index (χ0) is 13.4. The molecule has 0 aliphatic carbocycles. The maximum Gasteiger partial charge on any atom is 0.232 e. The minimum atomic E-state index is -0.714. The highest BCUT2D eigenvalue weighted by Gasteiger charge is 2.23. The van der Waals surface area contributed by atoms with Crippen LogP contribution in [0, 0.1) is 5.92 Å². The van der Waals surface area contributed by atoms with Gasteiger partial charge in [-0.2, -0.15) is 0 Å². The van der Waals surface area contributed by atoms with E-state index in [1.54, 1.807) is 0 Å². The number of unbranched alkanes of at least 4 members (excludes halogenated alkanes) is 1. The van der Waals surface area contributed by atoms with Crippen LogP contribution in [0.4, 0.5) is 0 Å². The van der Waals surface area contributed by atoms with Gasteiger partial charge >= 0.3 is 0 Å². The van der Waals surface area contributed by atoms with Gasteiger partial charge in [0, 0.05) is 6.54 Å². The molecule has 0 aliphatic rings. The maximum atomic E-state index is 11.9. The number of nitrogens with one attached hydrogen (secondary N) is 1. The van der Waals surface area contributed by atoms with Gasteiger partial charge in [0.15, 0.2) is 0 Å². The Morgan fingerprint density at radius 3 is 2.50 bits per heavy atom. The Kier molecular flexibility index (Phi) is 5.91. The Morgan fingerprint density at radius 1 is 1.28 bits per heavy atom. The van der Waals surface area contributed by atoms with Crippen molar-refractivity contribution in [1.29, 1.82) is 0 Å². The Labute approximate surface area is 108 Å². The van der Waals surface area contributed by atoms with E-state index in [1.165, 1.54) is 0 Å². The lowest BCUT2D eigenvalue weighted by Gasteiger charge is -2.13. The SMILES string of the molecule is CCCCC(C(N)=O)C(=O)NCc1ccccc1. The van der Waals surface area contributed by atoms with Crippen molar-refractivity contribution in [3.8, 4) is 0 Å². The van der Waals surface area contributed by atoms with Gasteiger partial charge in [-0.05, 0) is 12.0 Å². The van der Waals surface area contributed by atoms with E-state index in [-0.39, 0.29) is 5.91 Å². The molecule has 0 spiro atoms. The Bertz CT molecular complexity index is 390. The van der Waals surface area contributed by atoms with Crippen LogP contribution in [-0.4, -0.2) is 11.8 Å². The van der Waals surface area contributed by atoms with Crippen LogP contribution in [-0.2, 0) is 16.1 Å². The molecule has 98 valence electrons. The van der Waals surface area contributed by atoms with Gasteiger partial charge in [0.05, 0.1) is 0 Å². The molecule has 0 heterocycles. The van der Waals surface area contributed by atoms with Crippen molar-refractivity contribution >= 4 is 11.8 Å². The zero-order valence-corrected chi connectivity index (χ0v) is 10.7. The number of carbonyl (C=O) groups excluding carboxylic acids is 2. The van der Waals surface area contributed by atoms with Crippen molar-refractivity contribution in [2.24, 2.45) is 11.7 Å². The molecule has 0 fully saturated rings. The summed E-state index contributed by atoms with van der Waals surface area (Å²) in [5.41, 5.74) is 6.25. The summed E-state index contributed by atoms with van der Waals surface area (Å²) in [7, 11) is 0. The Balaban J connectivity index is 2.49. The molecule has 0 aromatic heterocycles. The molecular weight excluding hydrogens is 228 g/mol. The van der Waals surface area contributed by atoms with Crippen molar-refractivity contribution in [2.45, 2.75) is 32.7 Å². The molecular formula is C14H20N2O2. The lowest BCUT2D eigenvalue weighted by Crippen LogP contribution is -2.38. The second-order valence-corrected chi connectivity index (χ2v) is 4.30. The first-order valence-corrected chi connectivity index (χ1v) is 6.26. The molecule has 4 nitrogen and oxygen atoms in total. The molecule has 1 aromatic rings. The fourth-order valence-corrected chi connectivity index (χ4v) is 1.72. The normalized spacial score (nSPS) is 11.8. The van der Waals surface area contributed by atoms with Gasteiger partial charge in [0.2, 0.25) is 11.8 Å². The zero-order valence-electron chi connectivity index (χ0n) is 10.7. The summed E-state index contributed by atoms with van der Waals surface area (Å²) >= 11 is 0. The first kappa shape index (κ1) is 14.2. The van der Waals surface area contributed by atoms with Crippen LogP contribution in [0.3, 0.4) is 0 Å². The van der Waals surface area contributed by atoms with E-state index in [4.69, 9.17) is 5.73 Å². The van der Waals surface area contributed by atoms with E-state index in [1.807, 2.05) is 37.3 Å². The molecule has 0 saturated carbocycles. The van der Waals surface area contributed by atoms with Gasteiger partial charge in [-0.1, -0.05) is 50.1 Å². The second kappa shape index (κ2) is 7.48. The van der Waals surface area contributed by atoms with Gasteiger partial charge in [-0.15, -0.1) is 0 Å². The summed E-state index contributed by atoms with van der Waals surface area (Å²) in [5.74, 6) is -1.54. The molecule has 2 amide bonds.